The summed E-state index contributed by atoms with van der Waals surface area (Å²) in [7, 11) is 0. The van der Waals surface area contributed by atoms with Gasteiger partial charge in [-0.25, -0.2) is 0 Å². The average Bonchev–Trinajstić information content (AvgIpc) is 2.67. The lowest BCUT2D eigenvalue weighted by molar-refractivity contribution is -0.143. The van der Waals surface area contributed by atoms with Crippen molar-refractivity contribution in [2.75, 3.05) is 32.8 Å². The van der Waals surface area contributed by atoms with Crippen LogP contribution in [0, 0.1) is 0 Å². The smallest absolute Gasteiger partial charge is 0.416 e. The molecule has 2 aromatic rings. The van der Waals surface area contributed by atoms with Crippen molar-refractivity contribution < 1.29 is 31.1 Å². The number of nitrogens with one attached hydrogen (secondary N) is 1. The molecule has 3 rings (SSSR count). The van der Waals surface area contributed by atoms with Gasteiger partial charge in [0.15, 0.2) is 0 Å². The first-order chi connectivity index (χ1) is 14.0. The van der Waals surface area contributed by atoms with E-state index < -0.39 is 29.2 Å². The molecule has 0 aromatic heterocycles. The second-order valence-electron chi connectivity index (χ2n) is 6.91. The van der Waals surface area contributed by atoms with Gasteiger partial charge >= 0.3 is 12.4 Å². The van der Waals surface area contributed by atoms with E-state index >= 15 is 0 Å². The highest BCUT2D eigenvalue weighted by Gasteiger charge is 2.37. The molecule has 1 heterocycles. The Morgan fingerprint density at radius 3 is 2.07 bits per heavy atom. The van der Waals surface area contributed by atoms with Gasteiger partial charge in [-0.3, -0.25) is 4.90 Å². The number of hydrogen-bond acceptors (Lipinski definition) is 3. The standard InChI is InChI=1S/C20H19ClF6N2O/c21-16-3-1-2-13(8-16)18(29-6-4-28-5-7-29)12-30-17-10-14(19(22,23)24)9-15(11-17)20(25,26)27/h1-3,8-11,18,28H,4-7,12H2. The van der Waals surface area contributed by atoms with Gasteiger partial charge in [0.25, 0.3) is 0 Å². The zero-order valence-electron chi connectivity index (χ0n) is 15.7. The maximum atomic E-state index is 13.1. The first kappa shape index (κ1) is 22.7. The predicted octanol–water partition coefficient (Wildman–Crippen LogP) is 5.40. The van der Waals surface area contributed by atoms with Crippen LogP contribution in [-0.2, 0) is 12.4 Å². The van der Waals surface area contributed by atoms with E-state index in [1.165, 1.54) is 0 Å². The quantitative estimate of drug-likeness (QED) is 0.614. The number of nitrogens with zero attached hydrogens (tertiary/aromatic N) is 1. The molecule has 0 radical (unpaired) electrons. The van der Waals surface area contributed by atoms with Crippen LogP contribution in [0.2, 0.25) is 5.02 Å². The molecule has 0 aliphatic carbocycles. The van der Waals surface area contributed by atoms with Crippen molar-refractivity contribution in [3.8, 4) is 5.75 Å². The highest BCUT2D eigenvalue weighted by atomic mass is 35.5. The minimum atomic E-state index is -4.93. The fourth-order valence-corrected chi connectivity index (χ4v) is 3.50. The Hall–Kier alpha value is -1.97. The lowest BCUT2D eigenvalue weighted by Crippen LogP contribution is -2.46. The molecule has 2 aromatic carbocycles. The van der Waals surface area contributed by atoms with Crippen molar-refractivity contribution in [2.45, 2.75) is 18.4 Å². The third-order valence-electron chi connectivity index (χ3n) is 4.79. The van der Waals surface area contributed by atoms with Crippen LogP contribution in [0.4, 0.5) is 26.3 Å². The van der Waals surface area contributed by atoms with Crippen molar-refractivity contribution >= 4 is 11.6 Å². The second-order valence-corrected chi connectivity index (χ2v) is 7.35. The van der Waals surface area contributed by atoms with E-state index in [1.54, 1.807) is 24.3 Å². The number of hydrogen-bond donors (Lipinski definition) is 1. The van der Waals surface area contributed by atoms with Crippen LogP contribution in [0.25, 0.3) is 0 Å². The maximum Gasteiger partial charge on any atom is 0.416 e. The Morgan fingerprint density at radius 1 is 0.933 bits per heavy atom. The molecular weight excluding hydrogens is 434 g/mol. The molecule has 1 fully saturated rings. The summed E-state index contributed by atoms with van der Waals surface area (Å²) in [5.74, 6) is -0.487. The van der Waals surface area contributed by atoms with E-state index in [0.29, 0.717) is 43.3 Å². The molecule has 1 unspecified atom stereocenters. The summed E-state index contributed by atoms with van der Waals surface area (Å²) < 4.78 is 84.0. The van der Waals surface area contributed by atoms with E-state index in [1.807, 2.05) is 0 Å². The molecule has 1 aliphatic rings. The summed E-state index contributed by atoms with van der Waals surface area (Å²) in [6.07, 6.45) is -9.85. The fraction of sp³-hybridized carbons (Fsp3) is 0.400. The van der Waals surface area contributed by atoms with Gasteiger partial charge in [0, 0.05) is 31.2 Å². The number of halogens is 7. The minimum Gasteiger partial charge on any atom is -0.492 e. The Balaban J connectivity index is 1.89. The van der Waals surface area contributed by atoms with Crippen molar-refractivity contribution in [2.24, 2.45) is 0 Å². The van der Waals surface area contributed by atoms with E-state index in [9.17, 15) is 26.3 Å². The molecule has 0 spiro atoms. The lowest BCUT2D eigenvalue weighted by Gasteiger charge is -2.35. The molecule has 1 saturated heterocycles. The highest BCUT2D eigenvalue weighted by Crippen LogP contribution is 2.38. The van der Waals surface area contributed by atoms with Crippen LogP contribution in [0.3, 0.4) is 0 Å². The number of ether oxygens (including phenoxy) is 1. The van der Waals surface area contributed by atoms with Gasteiger partial charge in [-0.15, -0.1) is 0 Å². The lowest BCUT2D eigenvalue weighted by atomic mass is 10.0. The molecule has 0 saturated carbocycles. The summed E-state index contributed by atoms with van der Waals surface area (Å²) >= 11 is 6.07. The minimum absolute atomic E-state index is 0.0810. The second kappa shape index (κ2) is 9.03. The van der Waals surface area contributed by atoms with Crippen molar-refractivity contribution in [1.82, 2.24) is 10.2 Å². The molecule has 164 valence electrons. The molecule has 0 amide bonds. The van der Waals surface area contributed by atoms with Gasteiger partial charge in [-0.1, -0.05) is 23.7 Å². The Kier molecular flexibility index (Phi) is 6.84. The molecule has 1 N–H and O–H groups in total. The zero-order valence-corrected chi connectivity index (χ0v) is 16.4. The summed E-state index contributed by atoms with van der Waals surface area (Å²) in [4.78, 5) is 2.06. The molecule has 3 nitrogen and oxygen atoms in total. The predicted molar refractivity (Wildman–Crippen MR) is 101 cm³/mol. The van der Waals surface area contributed by atoms with Gasteiger partial charge in [0.2, 0.25) is 0 Å². The van der Waals surface area contributed by atoms with Gasteiger partial charge in [0.05, 0.1) is 17.2 Å². The molecule has 30 heavy (non-hydrogen) atoms. The Morgan fingerprint density at radius 2 is 1.53 bits per heavy atom. The van der Waals surface area contributed by atoms with Crippen LogP contribution in [0.5, 0.6) is 5.75 Å². The first-order valence-corrected chi connectivity index (χ1v) is 9.54. The fourth-order valence-electron chi connectivity index (χ4n) is 3.30. The monoisotopic (exact) mass is 452 g/mol. The van der Waals surface area contributed by atoms with Crippen LogP contribution in [0.1, 0.15) is 22.7 Å². The largest absolute Gasteiger partial charge is 0.492 e. The van der Waals surface area contributed by atoms with Crippen LogP contribution < -0.4 is 10.1 Å². The van der Waals surface area contributed by atoms with E-state index in [4.69, 9.17) is 16.3 Å². The normalized spacial score (nSPS) is 17.0. The number of rotatable bonds is 5. The van der Waals surface area contributed by atoms with Crippen molar-refractivity contribution in [3.63, 3.8) is 0 Å². The number of piperazine rings is 1. The van der Waals surface area contributed by atoms with Crippen LogP contribution in [0.15, 0.2) is 42.5 Å². The summed E-state index contributed by atoms with van der Waals surface area (Å²) in [5.41, 5.74) is -2.05. The molecule has 1 atom stereocenters. The Bertz CT molecular complexity index is 833. The molecule has 0 bridgehead atoms. The van der Waals surface area contributed by atoms with Gasteiger partial charge in [0.1, 0.15) is 12.4 Å². The van der Waals surface area contributed by atoms with Gasteiger partial charge in [-0.2, -0.15) is 26.3 Å². The SMILES string of the molecule is FC(F)(F)c1cc(OCC(c2cccc(Cl)c2)N2CCNCC2)cc(C(F)(F)F)c1. The highest BCUT2D eigenvalue weighted by molar-refractivity contribution is 6.30. The number of benzene rings is 2. The maximum absolute atomic E-state index is 13.1. The first-order valence-electron chi connectivity index (χ1n) is 9.16. The van der Waals surface area contributed by atoms with Crippen LogP contribution in [-0.4, -0.2) is 37.7 Å². The van der Waals surface area contributed by atoms with Crippen molar-refractivity contribution in [1.29, 1.82) is 0 Å². The van der Waals surface area contributed by atoms with Crippen molar-refractivity contribution in [3.05, 3.63) is 64.2 Å². The van der Waals surface area contributed by atoms with Gasteiger partial charge in [-0.05, 0) is 35.9 Å². The zero-order chi connectivity index (χ0) is 21.9. The summed E-state index contributed by atoms with van der Waals surface area (Å²) in [6.45, 7) is 2.59. The van der Waals surface area contributed by atoms with E-state index in [-0.39, 0.29) is 18.7 Å². The molecule has 1 aliphatic heterocycles. The summed E-state index contributed by atoms with van der Waals surface area (Å²) in [5, 5.41) is 3.67. The third kappa shape index (κ3) is 5.80. The van der Waals surface area contributed by atoms with E-state index in [2.05, 4.69) is 10.2 Å². The van der Waals surface area contributed by atoms with Gasteiger partial charge < -0.3 is 10.1 Å². The topological polar surface area (TPSA) is 24.5 Å². The average molecular weight is 453 g/mol. The Labute approximate surface area is 174 Å². The summed E-state index contributed by atoms with van der Waals surface area (Å²) in [6, 6.07) is 7.80. The van der Waals surface area contributed by atoms with E-state index in [0.717, 1.165) is 5.56 Å². The molecule has 10 heteroatoms. The van der Waals surface area contributed by atoms with Crippen LogP contribution >= 0.6 is 11.6 Å². The molecular formula is C20H19ClF6N2O. The number of alkyl halides is 6. The third-order valence-corrected chi connectivity index (χ3v) is 5.03.